The molecular formula is C21H23NO5S. The van der Waals surface area contributed by atoms with Gasteiger partial charge in [0.15, 0.2) is 23.0 Å². The number of nitrogens with zero attached hydrogens (tertiary/aromatic N) is 1. The van der Waals surface area contributed by atoms with Gasteiger partial charge in [-0.2, -0.15) is 0 Å². The lowest BCUT2D eigenvalue weighted by atomic mass is 10.1. The minimum absolute atomic E-state index is 0.607. The topological polar surface area (TPSA) is 59.0 Å². The molecule has 6 nitrogen and oxygen atoms in total. The fraction of sp³-hybridized carbons (Fsp3) is 0.286. The number of thiazole rings is 1. The van der Waals surface area contributed by atoms with Crippen molar-refractivity contribution in [3.05, 3.63) is 35.2 Å². The van der Waals surface area contributed by atoms with Gasteiger partial charge in [0.1, 0.15) is 10.8 Å². The van der Waals surface area contributed by atoms with Gasteiger partial charge in [-0.1, -0.05) is 0 Å². The Morgan fingerprint density at radius 2 is 1.25 bits per heavy atom. The second-order valence-electron chi connectivity index (χ2n) is 5.90. The predicted molar refractivity (Wildman–Crippen MR) is 110 cm³/mol. The number of ether oxygens (including phenoxy) is 5. The molecule has 1 aromatic heterocycles. The molecule has 2 aromatic carbocycles. The zero-order chi connectivity index (χ0) is 20.3. The van der Waals surface area contributed by atoms with E-state index in [1.54, 1.807) is 46.9 Å². The lowest BCUT2D eigenvalue weighted by Crippen LogP contribution is -1.95. The number of aromatic nitrogens is 1. The Hall–Kier alpha value is -2.93. The van der Waals surface area contributed by atoms with Crippen LogP contribution in [0.1, 0.15) is 4.88 Å². The van der Waals surface area contributed by atoms with Crippen molar-refractivity contribution in [2.45, 2.75) is 6.92 Å². The van der Waals surface area contributed by atoms with Crippen molar-refractivity contribution in [3.8, 4) is 50.6 Å². The maximum Gasteiger partial charge on any atom is 0.164 e. The molecule has 0 atom stereocenters. The van der Waals surface area contributed by atoms with E-state index in [0.29, 0.717) is 28.7 Å². The summed E-state index contributed by atoms with van der Waals surface area (Å²) >= 11 is 1.60. The highest BCUT2D eigenvalue weighted by molar-refractivity contribution is 7.15. The van der Waals surface area contributed by atoms with Crippen LogP contribution in [-0.4, -0.2) is 40.5 Å². The molecule has 0 spiro atoms. The van der Waals surface area contributed by atoms with Crippen molar-refractivity contribution >= 4 is 11.3 Å². The van der Waals surface area contributed by atoms with Gasteiger partial charge < -0.3 is 23.7 Å². The van der Waals surface area contributed by atoms with E-state index in [2.05, 4.69) is 0 Å². The molecule has 1 heterocycles. The zero-order valence-corrected chi connectivity index (χ0v) is 17.6. The molecule has 0 saturated carbocycles. The van der Waals surface area contributed by atoms with E-state index < -0.39 is 0 Å². The van der Waals surface area contributed by atoms with Crippen molar-refractivity contribution < 1.29 is 23.7 Å². The molecule has 0 fully saturated rings. The molecule has 0 unspecified atom stereocenters. The Bertz CT molecular complexity index is 983. The van der Waals surface area contributed by atoms with Crippen molar-refractivity contribution in [2.75, 3.05) is 35.5 Å². The molecule has 0 aliphatic rings. The molecule has 0 radical (unpaired) electrons. The summed E-state index contributed by atoms with van der Waals surface area (Å²) in [6.45, 7) is 2.04. The van der Waals surface area contributed by atoms with Crippen molar-refractivity contribution in [1.29, 1.82) is 0 Å². The highest BCUT2D eigenvalue weighted by Gasteiger charge is 2.19. The van der Waals surface area contributed by atoms with Gasteiger partial charge in [0.25, 0.3) is 0 Å². The molecule has 0 aliphatic heterocycles. The maximum atomic E-state index is 5.57. The first-order chi connectivity index (χ1) is 13.6. The summed E-state index contributed by atoms with van der Waals surface area (Å²) in [6, 6.07) is 9.46. The smallest absolute Gasteiger partial charge is 0.164 e. The summed E-state index contributed by atoms with van der Waals surface area (Å²) < 4.78 is 27.1. The lowest BCUT2D eigenvalue weighted by molar-refractivity contribution is 0.349. The quantitative estimate of drug-likeness (QED) is 0.565. The SMILES string of the molecule is COc1ccc(-c2nc(-c3cc(OC)c(OC)cc3OC)c(C)s2)cc1OC. The normalized spacial score (nSPS) is 10.5. The van der Waals surface area contributed by atoms with Gasteiger partial charge in [0.05, 0.1) is 41.2 Å². The van der Waals surface area contributed by atoms with Crippen LogP contribution in [0.3, 0.4) is 0 Å². The van der Waals surface area contributed by atoms with Crippen molar-refractivity contribution in [3.63, 3.8) is 0 Å². The Kier molecular flexibility index (Phi) is 5.94. The third-order valence-corrected chi connectivity index (χ3v) is 5.41. The van der Waals surface area contributed by atoms with Crippen LogP contribution in [-0.2, 0) is 0 Å². The summed E-state index contributed by atoms with van der Waals surface area (Å²) in [4.78, 5) is 5.93. The van der Waals surface area contributed by atoms with Crippen LogP contribution < -0.4 is 23.7 Å². The largest absolute Gasteiger partial charge is 0.496 e. The molecule has 28 heavy (non-hydrogen) atoms. The minimum Gasteiger partial charge on any atom is -0.496 e. The molecule has 3 aromatic rings. The van der Waals surface area contributed by atoms with Crippen LogP contribution in [0.25, 0.3) is 21.8 Å². The first-order valence-electron chi connectivity index (χ1n) is 8.56. The van der Waals surface area contributed by atoms with E-state index in [1.165, 1.54) is 0 Å². The molecule has 0 saturated heterocycles. The monoisotopic (exact) mass is 401 g/mol. The van der Waals surface area contributed by atoms with Crippen LogP contribution in [0.5, 0.6) is 28.7 Å². The Labute approximate surface area is 168 Å². The standard InChI is InChI=1S/C21H23NO5S/c1-12-20(14-10-18(26-5)19(27-6)11-16(14)24-3)22-21(28-12)13-7-8-15(23-2)17(9-13)25-4/h7-11H,1-6H3. The van der Waals surface area contributed by atoms with E-state index in [4.69, 9.17) is 28.7 Å². The molecule has 0 aliphatic carbocycles. The van der Waals surface area contributed by atoms with Crippen LogP contribution in [0, 0.1) is 6.92 Å². The fourth-order valence-electron chi connectivity index (χ4n) is 2.95. The Balaban J connectivity index is 2.11. The van der Waals surface area contributed by atoms with Crippen LogP contribution in [0.4, 0.5) is 0 Å². The maximum absolute atomic E-state index is 5.57. The van der Waals surface area contributed by atoms with Crippen LogP contribution >= 0.6 is 11.3 Å². The summed E-state index contributed by atoms with van der Waals surface area (Å²) in [5, 5.41) is 0.880. The van der Waals surface area contributed by atoms with Gasteiger partial charge in [-0.25, -0.2) is 4.98 Å². The number of aryl methyl sites for hydroxylation is 1. The number of hydrogen-bond acceptors (Lipinski definition) is 7. The first-order valence-corrected chi connectivity index (χ1v) is 9.38. The summed E-state index contributed by atoms with van der Waals surface area (Å²) in [5.74, 6) is 3.25. The Morgan fingerprint density at radius 1 is 0.679 bits per heavy atom. The van der Waals surface area contributed by atoms with E-state index in [1.807, 2.05) is 37.3 Å². The number of benzene rings is 2. The van der Waals surface area contributed by atoms with E-state index in [9.17, 15) is 0 Å². The second kappa shape index (κ2) is 8.39. The van der Waals surface area contributed by atoms with E-state index in [0.717, 1.165) is 26.7 Å². The highest BCUT2D eigenvalue weighted by Crippen LogP contribution is 2.43. The van der Waals surface area contributed by atoms with Crippen LogP contribution in [0.2, 0.25) is 0 Å². The van der Waals surface area contributed by atoms with Crippen molar-refractivity contribution in [2.24, 2.45) is 0 Å². The number of rotatable bonds is 7. The molecule has 0 N–H and O–H groups in total. The third kappa shape index (κ3) is 3.57. The van der Waals surface area contributed by atoms with Gasteiger partial charge in [-0.15, -0.1) is 11.3 Å². The average Bonchev–Trinajstić information content (AvgIpc) is 3.13. The predicted octanol–water partition coefficient (Wildman–Crippen LogP) is 4.83. The van der Waals surface area contributed by atoms with Crippen molar-refractivity contribution in [1.82, 2.24) is 4.98 Å². The summed E-state index contributed by atoms with van der Waals surface area (Å²) in [7, 11) is 8.07. The zero-order valence-electron chi connectivity index (χ0n) is 16.8. The Morgan fingerprint density at radius 3 is 1.86 bits per heavy atom. The van der Waals surface area contributed by atoms with E-state index in [-0.39, 0.29) is 0 Å². The number of hydrogen-bond donors (Lipinski definition) is 0. The number of methoxy groups -OCH3 is 5. The molecule has 7 heteroatoms. The fourth-order valence-corrected chi connectivity index (χ4v) is 3.88. The molecule has 0 bridgehead atoms. The average molecular weight is 401 g/mol. The van der Waals surface area contributed by atoms with Gasteiger partial charge in [-0.05, 0) is 31.2 Å². The van der Waals surface area contributed by atoms with Gasteiger partial charge >= 0.3 is 0 Å². The first kappa shape index (κ1) is 19.8. The molecule has 148 valence electrons. The second-order valence-corrected chi connectivity index (χ2v) is 7.10. The van der Waals surface area contributed by atoms with Gasteiger partial charge in [-0.3, -0.25) is 0 Å². The van der Waals surface area contributed by atoms with E-state index >= 15 is 0 Å². The molecular weight excluding hydrogens is 378 g/mol. The highest BCUT2D eigenvalue weighted by atomic mass is 32.1. The van der Waals surface area contributed by atoms with Crippen LogP contribution in [0.15, 0.2) is 30.3 Å². The summed E-state index contributed by atoms with van der Waals surface area (Å²) in [5.41, 5.74) is 2.64. The molecule has 0 amide bonds. The third-order valence-electron chi connectivity index (χ3n) is 4.39. The van der Waals surface area contributed by atoms with Gasteiger partial charge in [0, 0.05) is 22.1 Å². The molecule has 3 rings (SSSR count). The summed E-state index contributed by atoms with van der Waals surface area (Å²) in [6.07, 6.45) is 0. The minimum atomic E-state index is 0.607. The van der Waals surface area contributed by atoms with Gasteiger partial charge in [0.2, 0.25) is 0 Å². The lowest BCUT2D eigenvalue weighted by Gasteiger charge is -2.13.